The minimum absolute atomic E-state index is 0. The Morgan fingerprint density at radius 3 is 2.17 bits per heavy atom. The van der Waals surface area contributed by atoms with E-state index in [2.05, 4.69) is 34.6 Å². The first-order chi connectivity index (χ1) is 20.1. The molecule has 1 N–H and O–H groups in total. The highest BCUT2D eigenvalue weighted by Gasteiger charge is 2.15. The maximum Gasteiger partial charge on any atom is 0.262 e. The monoisotopic (exact) mass is 660 g/mol. The second-order valence-electron chi connectivity index (χ2n) is 10.7. The number of amides is 1. The van der Waals surface area contributed by atoms with Crippen molar-refractivity contribution in [3.05, 3.63) is 64.6 Å². The fourth-order valence-corrected chi connectivity index (χ4v) is 5.56. The number of methoxy groups -OCH3 is 1. The van der Waals surface area contributed by atoms with Crippen LogP contribution in [0.1, 0.15) is 95.2 Å². The first kappa shape index (κ1) is 35.6. The third-order valence-corrected chi connectivity index (χ3v) is 8.13. The Hall–Kier alpha value is -2.58. The Morgan fingerprint density at radius 1 is 0.857 bits per heavy atom. The number of halogens is 1. The zero-order valence-electron chi connectivity index (χ0n) is 25.7. The number of para-hydroxylation sites is 1. The molecule has 1 amide bonds. The average Bonchev–Trinajstić information content (AvgIpc) is 3.39. The van der Waals surface area contributed by atoms with Crippen molar-refractivity contribution in [3.63, 3.8) is 0 Å². The first-order valence-corrected chi connectivity index (χ1v) is 16.3. The largest absolute Gasteiger partial charge is 1.00 e. The molecule has 0 spiro atoms. The summed E-state index contributed by atoms with van der Waals surface area (Å²) < 4.78 is 19.5. The van der Waals surface area contributed by atoms with Crippen LogP contribution in [0.4, 0.5) is 5.69 Å². The molecule has 3 aromatic rings. The Morgan fingerprint density at radius 2 is 1.52 bits per heavy atom. The van der Waals surface area contributed by atoms with Crippen LogP contribution in [-0.4, -0.2) is 26.2 Å². The molecule has 42 heavy (non-hydrogen) atoms. The molecule has 0 saturated heterocycles. The molecule has 0 atom stereocenters. The summed E-state index contributed by atoms with van der Waals surface area (Å²) in [5.41, 5.74) is 5.11. The van der Waals surface area contributed by atoms with Crippen molar-refractivity contribution in [1.82, 2.24) is 0 Å². The maximum atomic E-state index is 12.8. The van der Waals surface area contributed by atoms with Gasteiger partial charge in [0.1, 0.15) is 5.75 Å². The third-order valence-electron chi connectivity index (χ3n) is 7.28. The van der Waals surface area contributed by atoms with Crippen molar-refractivity contribution in [1.29, 1.82) is 0 Å². The van der Waals surface area contributed by atoms with Gasteiger partial charge in [0.25, 0.3) is 5.91 Å². The molecule has 1 heterocycles. The molecule has 0 fully saturated rings. The summed E-state index contributed by atoms with van der Waals surface area (Å²) in [6.07, 6.45) is 15.6. The molecule has 0 aliphatic heterocycles. The van der Waals surface area contributed by atoms with Gasteiger partial charge in [-0.1, -0.05) is 107 Å². The number of rotatable bonds is 21. The van der Waals surface area contributed by atoms with Crippen LogP contribution in [0.5, 0.6) is 17.2 Å². The van der Waals surface area contributed by atoms with Gasteiger partial charge < -0.3 is 36.5 Å². The van der Waals surface area contributed by atoms with Crippen LogP contribution in [-0.2, 0) is 11.3 Å². The van der Waals surface area contributed by atoms with E-state index in [9.17, 15) is 4.79 Å². The van der Waals surface area contributed by atoms with E-state index in [1.165, 1.54) is 69.9 Å². The topological polar surface area (TPSA) is 60.7 Å². The zero-order valence-corrected chi connectivity index (χ0v) is 28.1. The van der Waals surface area contributed by atoms with E-state index in [-0.39, 0.29) is 29.5 Å². The number of thiazole rings is 1. The zero-order chi connectivity index (χ0) is 29.1. The number of unbranched alkanes of at least 4 members (excludes halogenated alkanes) is 11. The van der Waals surface area contributed by atoms with Gasteiger partial charge in [-0.25, -0.2) is 0 Å². The van der Waals surface area contributed by atoms with Gasteiger partial charge in [0.2, 0.25) is 5.51 Å². The summed E-state index contributed by atoms with van der Waals surface area (Å²) in [4.78, 5) is 12.8. The van der Waals surface area contributed by atoms with Crippen molar-refractivity contribution in [2.24, 2.45) is 0 Å². The Bertz CT molecular complexity index is 1170. The molecule has 2 aromatic carbocycles. The lowest BCUT2D eigenvalue weighted by Gasteiger charge is -2.14. The lowest BCUT2D eigenvalue weighted by molar-refractivity contribution is -0.689. The second kappa shape index (κ2) is 21.2. The molecule has 1 aromatic heterocycles. The number of carbonyl (C=O) groups is 1. The number of nitrogens with zero attached hydrogens (tertiary/aromatic N) is 1. The SMILES string of the molecule is CCCCCCCCCCCCCCOc1cc(OC)ccc1OCC(=O)Nc1ccccc1C[n+]1cscc1C.[Br-]. The molecule has 0 aliphatic carbocycles. The van der Waals surface area contributed by atoms with Crippen LogP contribution in [0.15, 0.2) is 53.4 Å². The number of hydrogen-bond donors (Lipinski definition) is 1. The minimum atomic E-state index is -0.216. The van der Waals surface area contributed by atoms with Crippen LogP contribution >= 0.6 is 11.3 Å². The number of hydrogen-bond acceptors (Lipinski definition) is 5. The Labute approximate surface area is 267 Å². The molecule has 6 nitrogen and oxygen atoms in total. The molecular formula is C34H49BrN2O4S. The summed E-state index contributed by atoms with van der Waals surface area (Å²) in [5.74, 6) is 1.62. The van der Waals surface area contributed by atoms with Gasteiger partial charge in [0.05, 0.1) is 24.8 Å². The highest BCUT2D eigenvalue weighted by Crippen LogP contribution is 2.32. The first-order valence-electron chi connectivity index (χ1n) is 15.3. The van der Waals surface area contributed by atoms with Gasteiger partial charge >= 0.3 is 0 Å². The van der Waals surface area contributed by atoms with Crippen LogP contribution in [0, 0.1) is 6.92 Å². The maximum absolute atomic E-state index is 12.8. The van der Waals surface area contributed by atoms with Crippen LogP contribution in [0.2, 0.25) is 0 Å². The van der Waals surface area contributed by atoms with E-state index in [0.29, 0.717) is 30.4 Å². The lowest BCUT2D eigenvalue weighted by atomic mass is 10.1. The van der Waals surface area contributed by atoms with Crippen LogP contribution in [0.25, 0.3) is 0 Å². The van der Waals surface area contributed by atoms with Gasteiger partial charge in [-0.05, 0) is 24.6 Å². The Kier molecular flexibility index (Phi) is 17.9. The molecule has 0 aliphatic rings. The normalized spacial score (nSPS) is 10.6. The fraction of sp³-hybridized carbons (Fsp3) is 0.529. The number of aromatic nitrogens is 1. The minimum Gasteiger partial charge on any atom is -1.00 e. The van der Waals surface area contributed by atoms with Crippen LogP contribution < -0.4 is 41.1 Å². The summed E-state index contributed by atoms with van der Waals surface area (Å²) in [6.45, 7) is 5.55. The second-order valence-corrected chi connectivity index (χ2v) is 11.4. The van der Waals surface area contributed by atoms with Gasteiger partial charge in [-0.15, -0.1) is 0 Å². The predicted molar refractivity (Wildman–Crippen MR) is 168 cm³/mol. The highest BCUT2D eigenvalue weighted by atomic mass is 79.9. The number of ether oxygens (including phenoxy) is 3. The van der Waals surface area contributed by atoms with E-state index in [4.69, 9.17) is 14.2 Å². The van der Waals surface area contributed by atoms with Crippen LogP contribution in [0.3, 0.4) is 0 Å². The molecule has 8 heteroatoms. The van der Waals surface area contributed by atoms with E-state index >= 15 is 0 Å². The fourth-order valence-electron chi connectivity index (χ4n) is 4.78. The number of carbonyl (C=O) groups excluding carboxylic acids is 1. The van der Waals surface area contributed by atoms with E-state index in [0.717, 1.165) is 24.1 Å². The molecule has 0 saturated carbocycles. The van der Waals surface area contributed by atoms with Crippen molar-refractivity contribution in [2.45, 2.75) is 97.4 Å². The summed E-state index contributed by atoms with van der Waals surface area (Å²) in [6, 6.07) is 13.3. The van der Waals surface area contributed by atoms with Gasteiger partial charge in [0.15, 0.2) is 30.3 Å². The number of aryl methyl sites for hydroxylation is 1. The number of benzene rings is 2. The lowest BCUT2D eigenvalue weighted by Crippen LogP contribution is -3.00. The Balaban J connectivity index is 0.00000616. The average molecular weight is 662 g/mol. The molecule has 3 rings (SSSR count). The van der Waals surface area contributed by atoms with Crippen molar-refractivity contribution >= 4 is 22.9 Å². The highest BCUT2D eigenvalue weighted by molar-refractivity contribution is 7.07. The molecule has 0 unspecified atom stereocenters. The number of anilines is 1. The standard InChI is InChI=1S/C34H48N2O4S.BrH/c1-4-5-6-7-8-9-10-11-12-13-14-17-22-39-33-23-30(38-3)20-21-32(33)40-25-34(37)35-31-19-16-15-18-29(31)24-36-27-41-26-28(36)2;/h15-16,18-21,23,26-27H,4-14,17,22,24-25H2,1-3H3;1H. The van der Waals surface area contributed by atoms with Gasteiger partial charge in [0, 0.05) is 18.6 Å². The van der Waals surface area contributed by atoms with Crippen molar-refractivity contribution in [2.75, 3.05) is 25.6 Å². The van der Waals surface area contributed by atoms with E-state index in [1.807, 2.05) is 36.4 Å². The quantitative estimate of drug-likeness (QED) is 0.121. The molecule has 0 bridgehead atoms. The molecule has 232 valence electrons. The smallest absolute Gasteiger partial charge is 0.262 e. The predicted octanol–water partition coefficient (Wildman–Crippen LogP) is 5.50. The summed E-state index contributed by atoms with van der Waals surface area (Å²) in [5, 5.41) is 5.12. The summed E-state index contributed by atoms with van der Waals surface area (Å²) in [7, 11) is 1.63. The van der Waals surface area contributed by atoms with Crippen molar-refractivity contribution in [3.8, 4) is 17.2 Å². The van der Waals surface area contributed by atoms with E-state index in [1.54, 1.807) is 24.5 Å². The third kappa shape index (κ3) is 13.2. The van der Waals surface area contributed by atoms with Crippen molar-refractivity contribution < 1.29 is 40.6 Å². The van der Waals surface area contributed by atoms with E-state index < -0.39 is 0 Å². The van der Waals surface area contributed by atoms with Gasteiger partial charge in [-0.2, -0.15) is 4.57 Å². The molecule has 0 radical (unpaired) electrons. The van der Waals surface area contributed by atoms with Gasteiger partial charge in [-0.3, -0.25) is 4.79 Å². The summed E-state index contributed by atoms with van der Waals surface area (Å²) >= 11 is 1.66. The molecular weight excluding hydrogens is 612 g/mol. The number of nitrogens with one attached hydrogen (secondary N) is 1.